The zero-order valence-electron chi connectivity index (χ0n) is 21.5. The average molecular weight is 522 g/mol. The molecule has 0 N–H and O–H groups in total. The molecule has 0 saturated carbocycles. The number of benzene rings is 5. The molecule has 0 saturated heterocycles. The number of hydrogen-bond acceptors (Lipinski definition) is 0. The van der Waals surface area contributed by atoms with Crippen molar-refractivity contribution < 1.29 is 0 Å². The Kier molecular flexibility index (Phi) is 5.88. The molecular formula is C34H33Br. The van der Waals surface area contributed by atoms with Gasteiger partial charge in [0, 0.05) is 4.47 Å². The molecule has 35 heavy (non-hydrogen) atoms. The minimum Gasteiger partial charge on any atom is -0.0622 e. The lowest BCUT2D eigenvalue weighted by Crippen LogP contribution is -2.11. The summed E-state index contributed by atoms with van der Waals surface area (Å²) in [7, 11) is 0. The molecule has 1 heteroatoms. The number of rotatable bonds is 2. The zero-order valence-corrected chi connectivity index (χ0v) is 23.1. The Balaban J connectivity index is 1.83. The third-order valence-corrected chi connectivity index (χ3v) is 7.92. The van der Waals surface area contributed by atoms with Crippen LogP contribution in [0.15, 0.2) is 95.5 Å². The molecule has 0 aliphatic carbocycles. The van der Waals surface area contributed by atoms with Crippen LogP contribution >= 0.6 is 15.9 Å². The van der Waals surface area contributed by atoms with Crippen LogP contribution in [0.25, 0.3) is 43.8 Å². The van der Waals surface area contributed by atoms with Crippen molar-refractivity contribution in [3.05, 3.63) is 107 Å². The molecule has 5 aromatic rings. The summed E-state index contributed by atoms with van der Waals surface area (Å²) in [4.78, 5) is 0. The van der Waals surface area contributed by atoms with Crippen LogP contribution < -0.4 is 0 Å². The highest BCUT2D eigenvalue weighted by atomic mass is 79.9. The van der Waals surface area contributed by atoms with Crippen molar-refractivity contribution in [1.29, 1.82) is 0 Å². The molecular weight excluding hydrogens is 488 g/mol. The van der Waals surface area contributed by atoms with Gasteiger partial charge < -0.3 is 0 Å². The quantitative estimate of drug-likeness (QED) is 0.203. The van der Waals surface area contributed by atoms with Gasteiger partial charge >= 0.3 is 0 Å². The fraction of sp³-hybridized carbons (Fsp3) is 0.235. The van der Waals surface area contributed by atoms with E-state index in [1.165, 1.54) is 59.4 Å². The summed E-state index contributed by atoms with van der Waals surface area (Å²) in [6.45, 7) is 13.7. The Labute approximate surface area is 218 Å². The molecule has 0 radical (unpaired) electrons. The third kappa shape index (κ3) is 4.43. The Morgan fingerprint density at radius 3 is 1.51 bits per heavy atom. The highest BCUT2D eigenvalue weighted by molar-refractivity contribution is 9.10. The number of fused-ring (bicyclic) bond motifs is 2. The van der Waals surface area contributed by atoms with E-state index in [1.807, 2.05) is 0 Å². The van der Waals surface area contributed by atoms with Crippen molar-refractivity contribution in [1.82, 2.24) is 0 Å². The predicted molar refractivity (Wildman–Crippen MR) is 157 cm³/mol. The zero-order chi connectivity index (χ0) is 25.0. The largest absolute Gasteiger partial charge is 0.0622 e. The minimum absolute atomic E-state index is 0.0835. The maximum absolute atomic E-state index is 4.01. The van der Waals surface area contributed by atoms with E-state index in [-0.39, 0.29) is 10.8 Å². The summed E-state index contributed by atoms with van der Waals surface area (Å²) >= 11 is 4.01. The first-order valence-corrected chi connectivity index (χ1v) is 13.2. The van der Waals surface area contributed by atoms with Gasteiger partial charge in [0.15, 0.2) is 0 Å². The van der Waals surface area contributed by atoms with E-state index in [2.05, 4.69) is 148 Å². The lowest BCUT2D eigenvalue weighted by molar-refractivity contribution is 0.590. The van der Waals surface area contributed by atoms with Gasteiger partial charge in [0.25, 0.3) is 0 Å². The minimum atomic E-state index is 0.0835. The topological polar surface area (TPSA) is 0 Å². The van der Waals surface area contributed by atoms with Gasteiger partial charge in [0.05, 0.1) is 0 Å². The van der Waals surface area contributed by atoms with Crippen LogP contribution in [0.1, 0.15) is 52.7 Å². The van der Waals surface area contributed by atoms with E-state index in [0.29, 0.717) is 0 Å². The summed E-state index contributed by atoms with van der Waals surface area (Å²) in [5.41, 5.74) is 7.92. The highest BCUT2D eigenvalue weighted by Gasteiger charge is 2.21. The first kappa shape index (κ1) is 23.8. The van der Waals surface area contributed by atoms with E-state index in [0.717, 1.165) is 0 Å². The van der Waals surface area contributed by atoms with E-state index >= 15 is 0 Å². The molecule has 0 nitrogen and oxygen atoms in total. The van der Waals surface area contributed by atoms with Crippen LogP contribution in [-0.2, 0) is 10.8 Å². The van der Waals surface area contributed by atoms with Gasteiger partial charge in [0.1, 0.15) is 0 Å². The molecule has 0 spiro atoms. The van der Waals surface area contributed by atoms with Crippen molar-refractivity contribution in [2.24, 2.45) is 0 Å². The standard InChI is InChI=1S/C34H33Br/c1-33(2,3)25-17-19-28-29(20-25)31(24-14-12-23(13-15-24)22-10-8-7-9-11-22)27-18-16-26(34(4,5)6)21-30(27)32(28)35/h7-21H,1-6H3. The lowest BCUT2D eigenvalue weighted by atomic mass is 9.82. The van der Waals surface area contributed by atoms with E-state index in [1.54, 1.807) is 0 Å². The first-order valence-electron chi connectivity index (χ1n) is 12.4. The Morgan fingerprint density at radius 1 is 0.457 bits per heavy atom. The van der Waals surface area contributed by atoms with Gasteiger partial charge in [-0.1, -0.05) is 120 Å². The molecule has 0 atom stereocenters. The summed E-state index contributed by atoms with van der Waals surface area (Å²) in [6, 6.07) is 33.7. The maximum atomic E-state index is 4.01. The number of halogens is 1. The Morgan fingerprint density at radius 2 is 0.943 bits per heavy atom. The fourth-order valence-electron chi connectivity index (χ4n) is 4.88. The molecule has 0 aromatic heterocycles. The van der Waals surface area contributed by atoms with Gasteiger partial charge in [-0.25, -0.2) is 0 Å². The third-order valence-electron chi connectivity index (χ3n) is 7.06. The van der Waals surface area contributed by atoms with Gasteiger partial charge in [-0.3, -0.25) is 0 Å². The van der Waals surface area contributed by atoms with Crippen LogP contribution in [0.5, 0.6) is 0 Å². The molecule has 5 rings (SSSR count). The summed E-state index contributed by atoms with van der Waals surface area (Å²) in [5.74, 6) is 0. The number of hydrogen-bond donors (Lipinski definition) is 0. The second kappa shape index (κ2) is 8.64. The van der Waals surface area contributed by atoms with Crippen LogP contribution in [0.4, 0.5) is 0 Å². The molecule has 0 aliphatic rings. The molecule has 0 heterocycles. The van der Waals surface area contributed by atoms with Crippen LogP contribution in [0.3, 0.4) is 0 Å². The molecule has 5 aromatic carbocycles. The van der Waals surface area contributed by atoms with Crippen molar-refractivity contribution in [3.63, 3.8) is 0 Å². The molecule has 0 aliphatic heterocycles. The summed E-state index contributed by atoms with van der Waals surface area (Å²) in [5, 5.41) is 5.12. The van der Waals surface area contributed by atoms with Gasteiger partial charge in [0.2, 0.25) is 0 Å². The van der Waals surface area contributed by atoms with E-state index < -0.39 is 0 Å². The van der Waals surface area contributed by atoms with Gasteiger partial charge in [-0.05, 0) is 93.8 Å². The van der Waals surface area contributed by atoms with Crippen LogP contribution in [0.2, 0.25) is 0 Å². The fourth-order valence-corrected chi connectivity index (χ4v) is 5.55. The summed E-state index contributed by atoms with van der Waals surface area (Å²) < 4.78 is 1.18. The van der Waals surface area contributed by atoms with Crippen molar-refractivity contribution in [3.8, 4) is 22.3 Å². The van der Waals surface area contributed by atoms with Crippen LogP contribution in [0, 0.1) is 0 Å². The predicted octanol–water partition coefficient (Wildman–Crippen LogP) is 10.7. The van der Waals surface area contributed by atoms with Crippen molar-refractivity contribution in [2.75, 3.05) is 0 Å². The second-order valence-corrected chi connectivity index (χ2v) is 12.4. The lowest BCUT2D eigenvalue weighted by Gasteiger charge is -2.23. The molecule has 0 fully saturated rings. The molecule has 0 amide bonds. The molecule has 0 bridgehead atoms. The average Bonchev–Trinajstić information content (AvgIpc) is 2.83. The highest BCUT2D eigenvalue weighted by Crippen LogP contribution is 2.44. The second-order valence-electron chi connectivity index (χ2n) is 11.7. The van der Waals surface area contributed by atoms with Crippen LogP contribution in [-0.4, -0.2) is 0 Å². The first-order chi connectivity index (χ1) is 16.5. The smallest absolute Gasteiger partial charge is 0.0332 e. The SMILES string of the molecule is CC(C)(C)c1ccc2c(-c3ccc(-c4ccccc4)cc3)c3cc(C(C)(C)C)ccc3c(Br)c2c1. The van der Waals surface area contributed by atoms with E-state index in [9.17, 15) is 0 Å². The molecule has 176 valence electrons. The van der Waals surface area contributed by atoms with Crippen molar-refractivity contribution in [2.45, 2.75) is 52.4 Å². The van der Waals surface area contributed by atoms with E-state index in [4.69, 9.17) is 0 Å². The monoisotopic (exact) mass is 520 g/mol. The van der Waals surface area contributed by atoms with Gasteiger partial charge in [-0.15, -0.1) is 0 Å². The Bertz CT molecular complexity index is 1530. The Hall–Kier alpha value is -2.90. The normalized spacial score (nSPS) is 12.4. The maximum Gasteiger partial charge on any atom is 0.0332 e. The van der Waals surface area contributed by atoms with Crippen molar-refractivity contribution >= 4 is 37.5 Å². The van der Waals surface area contributed by atoms with Gasteiger partial charge in [-0.2, -0.15) is 0 Å². The summed E-state index contributed by atoms with van der Waals surface area (Å²) in [6.07, 6.45) is 0. The molecule has 0 unspecified atom stereocenters.